The van der Waals surface area contributed by atoms with E-state index in [4.69, 9.17) is 0 Å². The van der Waals surface area contributed by atoms with Gasteiger partial charge in [0.25, 0.3) is 0 Å². The second-order valence-corrected chi connectivity index (χ2v) is 1.85. The minimum absolute atomic E-state index is 0.100. The first-order valence-corrected chi connectivity index (χ1v) is 2.92. The molecule has 0 amide bonds. The average molecular weight is 143 g/mol. The number of imidazole rings is 1. The molecule has 0 saturated heterocycles. The molecule has 0 spiro atoms. The van der Waals surface area contributed by atoms with Crippen molar-refractivity contribution in [3.05, 3.63) is 18.2 Å². The SMILES string of the molecule is [O]C(=S=O)c1ncc[nH]1. The van der Waals surface area contributed by atoms with Crippen LogP contribution in [-0.2, 0) is 16.4 Å². The molecular formula is C4H3N2O2S. The van der Waals surface area contributed by atoms with E-state index in [1.165, 1.54) is 12.4 Å². The second kappa shape index (κ2) is 2.56. The van der Waals surface area contributed by atoms with E-state index in [9.17, 15) is 9.32 Å². The quantitative estimate of drug-likeness (QED) is 0.540. The van der Waals surface area contributed by atoms with Crippen LogP contribution in [0.4, 0.5) is 0 Å². The molecule has 0 aliphatic rings. The maximum absolute atomic E-state index is 10.4. The second-order valence-electron chi connectivity index (χ2n) is 1.31. The number of rotatable bonds is 1. The molecule has 0 aromatic carbocycles. The van der Waals surface area contributed by atoms with Crippen LogP contribution < -0.4 is 0 Å². The summed E-state index contributed by atoms with van der Waals surface area (Å²) in [6.07, 6.45) is 2.91. The lowest BCUT2D eigenvalue weighted by atomic mass is 10.7. The largest absolute Gasteiger partial charge is 0.342 e. The van der Waals surface area contributed by atoms with Gasteiger partial charge in [-0.05, 0) is 0 Å². The minimum atomic E-state index is -0.583. The molecular weight excluding hydrogens is 140 g/mol. The van der Waals surface area contributed by atoms with Crippen molar-refractivity contribution >= 4 is 16.3 Å². The Balaban J connectivity index is 3.03. The van der Waals surface area contributed by atoms with Crippen molar-refractivity contribution in [1.82, 2.24) is 9.97 Å². The Morgan fingerprint density at radius 3 is 3.00 bits per heavy atom. The first-order valence-electron chi connectivity index (χ1n) is 2.18. The molecule has 0 saturated carbocycles. The molecule has 1 rings (SSSR count). The van der Waals surface area contributed by atoms with E-state index in [0.29, 0.717) is 0 Å². The van der Waals surface area contributed by atoms with Gasteiger partial charge < -0.3 is 4.98 Å². The number of hydrogen-bond donors (Lipinski definition) is 1. The van der Waals surface area contributed by atoms with Crippen LogP contribution >= 0.6 is 0 Å². The van der Waals surface area contributed by atoms with Gasteiger partial charge in [-0.2, -0.15) is 5.11 Å². The predicted octanol–water partition coefficient (Wildman–Crippen LogP) is -0.469. The van der Waals surface area contributed by atoms with E-state index in [-0.39, 0.29) is 17.1 Å². The molecule has 9 heavy (non-hydrogen) atoms. The summed E-state index contributed by atoms with van der Waals surface area (Å²) in [5, 5.41) is 9.85. The lowest BCUT2D eigenvalue weighted by molar-refractivity contribution is 0.438. The molecule has 0 atom stereocenters. The van der Waals surface area contributed by atoms with Crippen molar-refractivity contribution in [2.24, 2.45) is 0 Å². The number of nitrogens with zero attached hydrogens (tertiary/aromatic N) is 1. The normalized spacial score (nSPS) is 9.00. The summed E-state index contributed by atoms with van der Waals surface area (Å²) < 4.78 is 9.84. The van der Waals surface area contributed by atoms with Gasteiger partial charge in [0, 0.05) is 12.4 Å². The van der Waals surface area contributed by atoms with E-state index in [1.54, 1.807) is 0 Å². The molecule has 0 bridgehead atoms. The Morgan fingerprint density at radius 2 is 2.56 bits per heavy atom. The summed E-state index contributed by atoms with van der Waals surface area (Å²) in [5.74, 6) is 0.106. The van der Waals surface area contributed by atoms with E-state index in [1.807, 2.05) is 0 Å². The van der Waals surface area contributed by atoms with Crippen LogP contribution in [0.1, 0.15) is 5.82 Å². The van der Waals surface area contributed by atoms with Crippen LogP contribution in [0.15, 0.2) is 12.4 Å². The lowest BCUT2D eigenvalue weighted by Gasteiger charge is -1.79. The Hall–Kier alpha value is -0.940. The summed E-state index contributed by atoms with van der Waals surface area (Å²) >= 11 is -0.100. The zero-order chi connectivity index (χ0) is 6.69. The molecule has 0 fully saturated rings. The third-order valence-corrected chi connectivity index (χ3v) is 1.11. The minimum Gasteiger partial charge on any atom is -0.342 e. The highest BCUT2D eigenvalue weighted by atomic mass is 32.1. The topological polar surface area (TPSA) is 65.7 Å². The molecule has 0 aliphatic heterocycles. The third-order valence-electron chi connectivity index (χ3n) is 0.767. The fourth-order valence-corrected chi connectivity index (χ4v) is 0.607. The van der Waals surface area contributed by atoms with Crippen molar-refractivity contribution in [3.8, 4) is 0 Å². The summed E-state index contributed by atoms with van der Waals surface area (Å²) in [7, 11) is 0. The number of aromatic nitrogens is 2. The van der Waals surface area contributed by atoms with Gasteiger partial charge in [0.2, 0.25) is 5.05 Å². The fraction of sp³-hybridized carbons (Fsp3) is 0. The van der Waals surface area contributed by atoms with Crippen LogP contribution in [-0.4, -0.2) is 19.2 Å². The number of H-pyrrole nitrogens is 1. The zero-order valence-corrected chi connectivity index (χ0v) is 5.14. The highest BCUT2D eigenvalue weighted by Crippen LogP contribution is 1.85. The van der Waals surface area contributed by atoms with Gasteiger partial charge in [-0.1, -0.05) is 0 Å². The molecule has 0 aliphatic carbocycles. The van der Waals surface area contributed by atoms with E-state index in [0.717, 1.165) is 0 Å². The molecule has 5 heteroatoms. The molecule has 1 aromatic heterocycles. The van der Waals surface area contributed by atoms with E-state index in [2.05, 4.69) is 9.97 Å². The van der Waals surface area contributed by atoms with Gasteiger partial charge in [0.15, 0.2) is 5.82 Å². The Morgan fingerprint density at radius 1 is 1.78 bits per heavy atom. The van der Waals surface area contributed by atoms with Crippen molar-refractivity contribution in [2.75, 3.05) is 0 Å². The van der Waals surface area contributed by atoms with Gasteiger partial charge in [-0.15, -0.1) is 0 Å². The molecule has 1 N–H and O–H groups in total. The zero-order valence-electron chi connectivity index (χ0n) is 4.33. The molecule has 47 valence electrons. The third kappa shape index (κ3) is 1.24. The van der Waals surface area contributed by atoms with Crippen molar-refractivity contribution in [3.63, 3.8) is 0 Å². The number of hydrogen-bond acceptors (Lipinski definition) is 2. The number of nitrogens with one attached hydrogen (secondary N) is 1. The van der Waals surface area contributed by atoms with Crippen LogP contribution in [0.2, 0.25) is 0 Å². The fourth-order valence-electron chi connectivity index (χ4n) is 0.416. The van der Waals surface area contributed by atoms with Crippen LogP contribution in [0.5, 0.6) is 0 Å². The molecule has 4 nitrogen and oxygen atoms in total. The summed E-state index contributed by atoms with van der Waals surface area (Å²) in [6.45, 7) is 0. The van der Waals surface area contributed by atoms with Crippen molar-refractivity contribution < 1.29 is 9.32 Å². The first-order chi connectivity index (χ1) is 4.34. The predicted molar refractivity (Wildman–Crippen MR) is 31.5 cm³/mol. The highest BCUT2D eigenvalue weighted by molar-refractivity contribution is 7.66. The van der Waals surface area contributed by atoms with Crippen LogP contribution in [0.3, 0.4) is 0 Å². The summed E-state index contributed by atoms with van der Waals surface area (Å²) in [5.41, 5.74) is 0. The van der Waals surface area contributed by atoms with Crippen LogP contribution in [0.25, 0.3) is 0 Å². The molecule has 0 unspecified atom stereocenters. The molecule has 1 aromatic rings. The maximum atomic E-state index is 10.4. The summed E-state index contributed by atoms with van der Waals surface area (Å²) in [4.78, 5) is 6.07. The van der Waals surface area contributed by atoms with Crippen molar-refractivity contribution in [1.29, 1.82) is 0 Å². The molecule has 1 radical (unpaired) electrons. The van der Waals surface area contributed by atoms with E-state index < -0.39 is 5.05 Å². The molecule has 1 heterocycles. The first kappa shape index (κ1) is 6.18. The Bertz CT molecular complexity index is 237. The lowest BCUT2D eigenvalue weighted by Crippen LogP contribution is -1.97. The monoisotopic (exact) mass is 143 g/mol. The van der Waals surface area contributed by atoms with Crippen molar-refractivity contribution in [2.45, 2.75) is 0 Å². The van der Waals surface area contributed by atoms with E-state index >= 15 is 0 Å². The van der Waals surface area contributed by atoms with Crippen LogP contribution in [0, 0.1) is 0 Å². The Labute approximate surface area is 54.6 Å². The Kier molecular flexibility index (Phi) is 1.76. The van der Waals surface area contributed by atoms with Gasteiger partial charge in [-0.25, -0.2) is 9.19 Å². The van der Waals surface area contributed by atoms with Gasteiger partial charge in [0.05, 0.1) is 0 Å². The standard InChI is InChI=1S/C4H3N2O2S/c7-4(9-8)3-5-1-2-6-3/h1-2H,(H,5,6). The highest BCUT2D eigenvalue weighted by Gasteiger charge is 1.99. The smallest absolute Gasteiger partial charge is 0.248 e. The number of aromatic amines is 1. The van der Waals surface area contributed by atoms with Gasteiger partial charge in [0.1, 0.15) is 11.3 Å². The summed E-state index contributed by atoms with van der Waals surface area (Å²) in [6, 6.07) is 0. The maximum Gasteiger partial charge on any atom is 0.248 e. The van der Waals surface area contributed by atoms with Gasteiger partial charge in [-0.3, -0.25) is 0 Å². The average Bonchev–Trinajstić information content (AvgIpc) is 2.37. The van der Waals surface area contributed by atoms with Gasteiger partial charge >= 0.3 is 0 Å².